The molecule has 2 aromatic heterocycles. The monoisotopic (exact) mass is 398 g/mol. The topological polar surface area (TPSA) is 72.5 Å². The molecule has 0 unspecified atom stereocenters. The molecule has 1 N–H and O–H groups in total. The Morgan fingerprint density at radius 1 is 1.29 bits per heavy atom. The summed E-state index contributed by atoms with van der Waals surface area (Å²) in [4.78, 5) is 14.4. The number of rotatable bonds is 2. The number of aromatic nitrogens is 2. The predicted molar refractivity (Wildman–Crippen MR) is 92.9 cm³/mol. The molecule has 2 aromatic rings. The Hall–Kier alpha value is -2.49. The van der Waals surface area contributed by atoms with E-state index in [0.29, 0.717) is 18.8 Å². The second-order valence-corrected chi connectivity index (χ2v) is 7.33. The second kappa shape index (κ2) is 6.84. The largest absolute Gasteiger partial charge is 0.467 e. The Labute approximate surface area is 159 Å². The van der Waals surface area contributed by atoms with Crippen LogP contribution in [0, 0.1) is 0 Å². The molecule has 7 nitrogen and oxygen atoms in total. The van der Waals surface area contributed by atoms with Crippen LogP contribution >= 0.6 is 0 Å². The van der Waals surface area contributed by atoms with Gasteiger partial charge < -0.3 is 19.4 Å². The van der Waals surface area contributed by atoms with E-state index in [4.69, 9.17) is 9.15 Å². The third-order valence-corrected chi connectivity index (χ3v) is 5.00. The van der Waals surface area contributed by atoms with Crippen LogP contribution in [0.2, 0.25) is 0 Å². The molecule has 28 heavy (non-hydrogen) atoms. The van der Waals surface area contributed by atoms with Crippen molar-refractivity contribution in [3.63, 3.8) is 0 Å². The van der Waals surface area contributed by atoms with Crippen LogP contribution in [0.3, 0.4) is 0 Å². The maximum absolute atomic E-state index is 13.7. The maximum atomic E-state index is 13.7. The van der Waals surface area contributed by atoms with Crippen LogP contribution < -0.4 is 5.32 Å². The highest BCUT2D eigenvalue weighted by Crippen LogP contribution is 2.43. The number of fused-ring (bicyclic) bond motifs is 1. The van der Waals surface area contributed by atoms with Crippen molar-refractivity contribution in [1.82, 2.24) is 14.7 Å². The fourth-order valence-electron chi connectivity index (χ4n) is 3.86. The zero-order valence-corrected chi connectivity index (χ0v) is 15.4. The number of carbonyl (C=O) groups is 1. The van der Waals surface area contributed by atoms with Crippen molar-refractivity contribution < 1.29 is 27.1 Å². The first kappa shape index (κ1) is 18.9. The minimum Gasteiger partial charge on any atom is -0.467 e. The molecular weight excluding hydrogens is 377 g/mol. The number of morpholine rings is 1. The number of furan rings is 1. The number of hydrogen-bond acceptors (Lipinski definition) is 5. The first-order valence-electron chi connectivity index (χ1n) is 9.13. The second-order valence-electron chi connectivity index (χ2n) is 7.33. The summed E-state index contributed by atoms with van der Waals surface area (Å²) >= 11 is 0. The van der Waals surface area contributed by atoms with E-state index in [9.17, 15) is 18.0 Å². The molecule has 10 heteroatoms. The number of hydrogen-bond donors (Lipinski definition) is 1. The van der Waals surface area contributed by atoms with E-state index in [1.165, 1.54) is 12.3 Å². The van der Waals surface area contributed by atoms with E-state index in [1.54, 1.807) is 17.0 Å². The number of nitrogens with one attached hydrogen (secondary N) is 1. The molecule has 4 atom stereocenters. The number of alkyl halides is 3. The van der Waals surface area contributed by atoms with Gasteiger partial charge in [-0.05, 0) is 26.0 Å². The summed E-state index contributed by atoms with van der Waals surface area (Å²) in [5.74, 6) is 0.152. The van der Waals surface area contributed by atoms with Gasteiger partial charge in [0.15, 0.2) is 11.7 Å². The Morgan fingerprint density at radius 3 is 2.61 bits per heavy atom. The first-order chi connectivity index (χ1) is 13.2. The number of anilines is 1. The van der Waals surface area contributed by atoms with Crippen LogP contribution in [-0.4, -0.2) is 52.1 Å². The van der Waals surface area contributed by atoms with E-state index in [0.717, 1.165) is 4.68 Å². The summed E-state index contributed by atoms with van der Waals surface area (Å²) in [6, 6.07) is 2.13. The zero-order chi connectivity index (χ0) is 20.1. The van der Waals surface area contributed by atoms with E-state index in [1.807, 2.05) is 13.8 Å². The van der Waals surface area contributed by atoms with Crippen LogP contribution in [0.4, 0.5) is 19.0 Å². The van der Waals surface area contributed by atoms with Crippen LogP contribution in [0.15, 0.2) is 28.9 Å². The van der Waals surface area contributed by atoms with Gasteiger partial charge in [0.2, 0.25) is 0 Å². The van der Waals surface area contributed by atoms with Crippen molar-refractivity contribution in [3.8, 4) is 0 Å². The van der Waals surface area contributed by atoms with Crippen molar-refractivity contribution in [2.45, 2.75) is 50.7 Å². The van der Waals surface area contributed by atoms with Crippen LogP contribution in [0.5, 0.6) is 0 Å². The third kappa shape index (κ3) is 3.48. The van der Waals surface area contributed by atoms with Gasteiger partial charge in [0, 0.05) is 25.6 Å². The Morgan fingerprint density at radius 2 is 2.00 bits per heavy atom. The first-order valence-corrected chi connectivity index (χ1v) is 9.13. The Kier molecular flexibility index (Phi) is 4.60. The maximum Gasteiger partial charge on any atom is 0.410 e. The molecule has 0 spiro atoms. The minimum atomic E-state index is -4.50. The molecule has 0 aromatic carbocycles. The fourth-order valence-corrected chi connectivity index (χ4v) is 3.86. The SMILES string of the molecule is C[C@@H]1CN(C(=O)c2cc3n(n2)[C@H](C(F)(F)F)C[C@H](c2ccco2)N3)C[C@@H](C)O1. The van der Waals surface area contributed by atoms with Gasteiger partial charge in [-0.15, -0.1) is 0 Å². The lowest BCUT2D eigenvalue weighted by Crippen LogP contribution is -2.48. The lowest BCUT2D eigenvalue weighted by Gasteiger charge is -2.34. The molecule has 1 fully saturated rings. The number of nitrogens with zero attached hydrogens (tertiary/aromatic N) is 3. The highest BCUT2D eigenvalue weighted by Gasteiger charge is 2.47. The highest BCUT2D eigenvalue weighted by molar-refractivity contribution is 5.93. The third-order valence-electron chi connectivity index (χ3n) is 5.00. The average Bonchev–Trinajstić information content (AvgIpc) is 3.27. The average molecular weight is 398 g/mol. The summed E-state index contributed by atoms with van der Waals surface area (Å²) in [7, 11) is 0. The van der Waals surface area contributed by atoms with Crippen LogP contribution in [0.25, 0.3) is 0 Å². The van der Waals surface area contributed by atoms with Gasteiger partial charge >= 0.3 is 6.18 Å². The molecule has 4 heterocycles. The molecular formula is C18H21F3N4O3. The number of amides is 1. The summed E-state index contributed by atoms with van der Waals surface area (Å²) in [5.41, 5.74) is -0.0156. The van der Waals surface area contributed by atoms with Gasteiger partial charge in [0.05, 0.1) is 24.5 Å². The Balaban J connectivity index is 1.64. The highest BCUT2D eigenvalue weighted by atomic mass is 19.4. The number of halogens is 3. The van der Waals surface area contributed by atoms with Gasteiger partial charge in [-0.3, -0.25) is 4.79 Å². The predicted octanol–water partition coefficient (Wildman–Crippen LogP) is 3.39. The summed E-state index contributed by atoms with van der Waals surface area (Å²) in [6.07, 6.45) is -3.65. The van der Waals surface area contributed by atoms with E-state index in [-0.39, 0.29) is 30.1 Å². The van der Waals surface area contributed by atoms with Crippen molar-refractivity contribution in [3.05, 3.63) is 35.9 Å². The minimum absolute atomic E-state index is 0.0156. The summed E-state index contributed by atoms with van der Waals surface area (Å²) < 4.78 is 52.8. The molecule has 2 aliphatic rings. The smallest absolute Gasteiger partial charge is 0.410 e. The van der Waals surface area contributed by atoms with Crippen molar-refractivity contribution >= 4 is 11.7 Å². The van der Waals surface area contributed by atoms with Gasteiger partial charge in [0.25, 0.3) is 5.91 Å². The van der Waals surface area contributed by atoms with E-state index >= 15 is 0 Å². The molecule has 0 saturated carbocycles. The van der Waals surface area contributed by atoms with E-state index < -0.39 is 24.2 Å². The Bertz CT molecular complexity index is 839. The summed E-state index contributed by atoms with van der Waals surface area (Å²) in [5, 5.41) is 7.02. The van der Waals surface area contributed by atoms with Crippen LogP contribution in [-0.2, 0) is 4.74 Å². The van der Waals surface area contributed by atoms with Crippen LogP contribution in [0.1, 0.15) is 48.6 Å². The molecule has 152 valence electrons. The zero-order valence-electron chi connectivity index (χ0n) is 15.4. The van der Waals surface area contributed by atoms with E-state index in [2.05, 4.69) is 10.4 Å². The molecule has 4 rings (SSSR count). The van der Waals surface area contributed by atoms with Gasteiger partial charge in [-0.2, -0.15) is 18.3 Å². The molecule has 1 amide bonds. The van der Waals surface area contributed by atoms with Gasteiger partial charge in [-0.1, -0.05) is 0 Å². The lowest BCUT2D eigenvalue weighted by molar-refractivity contribution is -0.174. The van der Waals surface area contributed by atoms with Gasteiger partial charge in [0.1, 0.15) is 11.6 Å². The molecule has 1 saturated heterocycles. The van der Waals surface area contributed by atoms with Crippen molar-refractivity contribution in [2.75, 3.05) is 18.4 Å². The standard InChI is InChI=1S/C18H21F3N4O3/c1-10-8-24(9-11(2)28-10)17(26)13-7-16-22-12(14-4-3-5-27-14)6-15(18(19,20)21)25(16)23-13/h3-5,7,10-12,15,22H,6,8-9H2,1-2H3/t10-,11-,12-,15+/m1/s1. The molecule has 0 aliphatic carbocycles. The van der Waals surface area contributed by atoms with Crippen molar-refractivity contribution in [2.24, 2.45) is 0 Å². The summed E-state index contributed by atoms with van der Waals surface area (Å²) in [6.45, 7) is 4.44. The molecule has 0 radical (unpaired) electrons. The lowest BCUT2D eigenvalue weighted by atomic mass is 10.0. The van der Waals surface area contributed by atoms with Gasteiger partial charge in [-0.25, -0.2) is 4.68 Å². The quantitative estimate of drug-likeness (QED) is 0.840. The number of ether oxygens (including phenoxy) is 1. The molecule has 0 bridgehead atoms. The number of carbonyl (C=O) groups excluding carboxylic acids is 1. The normalized spacial score (nSPS) is 28.0. The van der Waals surface area contributed by atoms with Crippen molar-refractivity contribution in [1.29, 1.82) is 0 Å². The fraction of sp³-hybridized carbons (Fsp3) is 0.556. The molecule has 2 aliphatic heterocycles.